The van der Waals surface area contributed by atoms with E-state index in [4.69, 9.17) is 0 Å². The van der Waals surface area contributed by atoms with E-state index >= 15 is 0 Å². The van der Waals surface area contributed by atoms with Gasteiger partial charge >= 0.3 is 11.9 Å². The Hall–Kier alpha value is -1.89. The van der Waals surface area contributed by atoms with Crippen LogP contribution in [0.3, 0.4) is 0 Å². The molecule has 0 spiro atoms. The lowest BCUT2D eigenvalue weighted by molar-refractivity contribution is -0.935. The van der Waals surface area contributed by atoms with Crippen LogP contribution in [0.15, 0.2) is 12.2 Å². The van der Waals surface area contributed by atoms with Gasteiger partial charge in [-0.25, -0.2) is 0 Å². The van der Waals surface area contributed by atoms with Crippen LogP contribution in [0, 0.1) is 17.8 Å². The standard InChI is InChI=1S/C38H71NO6/c1-5-9-10-11-12-13-14-15-16-17-18-19-20-21-22-23-24-25-26-27-28-29-39(30-33(6-2)36(40)41,31-34(7-3)37(42)43)32-35(8-4)38(44)45/h19-20,33-35H,5-18,21-32H2,1-4H3,(H2-,40,41,42,43,44,45)/b20-19+. The molecule has 3 unspecified atom stereocenters. The quantitative estimate of drug-likeness (QED) is 0.0422. The van der Waals surface area contributed by atoms with Crippen molar-refractivity contribution in [3.8, 4) is 0 Å². The third kappa shape index (κ3) is 22.3. The highest BCUT2D eigenvalue weighted by Gasteiger charge is 2.39. The van der Waals surface area contributed by atoms with E-state index in [-0.39, 0.29) is 24.1 Å². The lowest BCUT2D eigenvalue weighted by Gasteiger charge is -2.44. The Bertz CT molecular complexity index is 722. The summed E-state index contributed by atoms with van der Waals surface area (Å²) >= 11 is 0. The smallest absolute Gasteiger partial charge is 0.312 e. The molecule has 0 heterocycles. The van der Waals surface area contributed by atoms with Crippen LogP contribution >= 0.6 is 0 Å². The summed E-state index contributed by atoms with van der Waals surface area (Å²) in [6.45, 7) is 9.05. The summed E-state index contributed by atoms with van der Waals surface area (Å²) < 4.78 is 0.216. The number of carbonyl (C=O) groups is 3. The first kappa shape index (κ1) is 43.1. The molecule has 0 aromatic carbocycles. The maximum Gasteiger partial charge on any atom is 0.312 e. The fourth-order valence-electron chi connectivity index (χ4n) is 6.61. The Kier molecular flexibility index (Phi) is 27.2. The number of rotatable bonds is 33. The van der Waals surface area contributed by atoms with Gasteiger partial charge in [0.1, 0.15) is 11.8 Å². The van der Waals surface area contributed by atoms with Crippen LogP contribution in [0.4, 0.5) is 0 Å². The van der Waals surface area contributed by atoms with E-state index in [0.29, 0.717) is 25.8 Å². The Morgan fingerprint density at radius 1 is 0.533 bits per heavy atom. The maximum atomic E-state index is 12.0. The monoisotopic (exact) mass is 638 g/mol. The van der Waals surface area contributed by atoms with Crippen molar-refractivity contribution in [1.29, 1.82) is 0 Å². The summed E-state index contributed by atoms with van der Waals surface area (Å²) in [4.78, 5) is 35.9. The molecule has 0 aliphatic heterocycles. The minimum atomic E-state index is -1.14. The highest BCUT2D eigenvalue weighted by Crippen LogP contribution is 2.25. The Balaban J connectivity index is 4.53. The Morgan fingerprint density at radius 3 is 1.20 bits per heavy atom. The summed E-state index contributed by atoms with van der Waals surface area (Å²) in [6.07, 6.45) is 29.8. The van der Waals surface area contributed by atoms with Gasteiger partial charge in [0, 0.05) is 5.92 Å². The average Bonchev–Trinajstić information content (AvgIpc) is 3.01. The van der Waals surface area contributed by atoms with Crippen molar-refractivity contribution in [2.24, 2.45) is 17.8 Å². The molecule has 0 aliphatic carbocycles. The molecule has 0 amide bonds. The third-order valence-corrected chi connectivity index (χ3v) is 9.73. The Morgan fingerprint density at radius 2 is 0.867 bits per heavy atom. The van der Waals surface area contributed by atoms with E-state index in [0.717, 1.165) is 32.1 Å². The van der Waals surface area contributed by atoms with Crippen LogP contribution < -0.4 is 5.11 Å². The van der Waals surface area contributed by atoms with Crippen molar-refractivity contribution in [2.75, 3.05) is 26.2 Å². The van der Waals surface area contributed by atoms with E-state index in [2.05, 4.69) is 19.1 Å². The molecule has 0 bridgehead atoms. The van der Waals surface area contributed by atoms with Crippen molar-refractivity contribution < 1.29 is 34.2 Å². The van der Waals surface area contributed by atoms with Crippen LogP contribution in [-0.4, -0.2) is 58.8 Å². The number of quaternary nitrogens is 1. The molecule has 7 heteroatoms. The SMILES string of the molecule is CCCCCCCCCCCC/C=C/CCCCCCCCC[N+](CC(CC)C(=O)[O-])(CC(CC)C(=O)O)CC(CC)C(=O)O. The molecule has 0 aromatic rings. The normalized spacial score (nSPS) is 15.1. The molecule has 45 heavy (non-hydrogen) atoms. The number of hydrogen-bond acceptors (Lipinski definition) is 4. The number of carboxylic acid groups (broad SMARTS) is 3. The molecular formula is C38H71NO6. The number of unbranched alkanes of at least 4 members (excludes halogenated alkanes) is 17. The van der Waals surface area contributed by atoms with Crippen LogP contribution in [0.1, 0.15) is 169 Å². The molecule has 0 fully saturated rings. The second-order valence-electron chi connectivity index (χ2n) is 13.6. The van der Waals surface area contributed by atoms with Gasteiger partial charge in [-0.2, -0.15) is 0 Å². The topological polar surface area (TPSA) is 115 Å². The second-order valence-corrected chi connectivity index (χ2v) is 13.6. The minimum Gasteiger partial charge on any atom is -0.550 e. The van der Waals surface area contributed by atoms with Crippen LogP contribution in [0.5, 0.6) is 0 Å². The molecule has 0 aliphatic rings. The number of allylic oxidation sites excluding steroid dienone is 2. The fourth-order valence-corrected chi connectivity index (χ4v) is 6.61. The van der Waals surface area contributed by atoms with Gasteiger partial charge in [0.15, 0.2) is 0 Å². The number of carbonyl (C=O) groups excluding carboxylic acids is 1. The predicted molar refractivity (Wildman–Crippen MR) is 184 cm³/mol. The van der Waals surface area contributed by atoms with Gasteiger partial charge in [-0.05, 0) is 57.8 Å². The molecular weight excluding hydrogens is 566 g/mol. The summed E-state index contributed by atoms with van der Waals surface area (Å²) in [5.74, 6) is -4.96. The zero-order valence-electron chi connectivity index (χ0n) is 29.7. The van der Waals surface area contributed by atoms with Crippen molar-refractivity contribution >= 4 is 17.9 Å². The average molecular weight is 638 g/mol. The number of aliphatic carboxylic acids is 3. The summed E-state index contributed by atoms with van der Waals surface area (Å²) in [6, 6.07) is 0. The molecule has 0 radical (unpaired) electrons. The molecule has 2 N–H and O–H groups in total. The Labute approximate surface area is 276 Å². The zero-order chi connectivity index (χ0) is 33.8. The molecule has 7 nitrogen and oxygen atoms in total. The summed E-state index contributed by atoms with van der Waals surface area (Å²) in [5, 5.41) is 31.5. The summed E-state index contributed by atoms with van der Waals surface area (Å²) in [7, 11) is 0. The first-order valence-corrected chi connectivity index (χ1v) is 18.8. The molecule has 0 saturated heterocycles. The van der Waals surface area contributed by atoms with Crippen LogP contribution in [-0.2, 0) is 14.4 Å². The van der Waals surface area contributed by atoms with Gasteiger partial charge in [-0.15, -0.1) is 0 Å². The molecule has 264 valence electrons. The highest BCUT2D eigenvalue weighted by atomic mass is 16.4. The van der Waals surface area contributed by atoms with E-state index in [1.54, 1.807) is 6.92 Å². The van der Waals surface area contributed by atoms with E-state index in [1.165, 1.54) is 89.9 Å². The van der Waals surface area contributed by atoms with Crippen LogP contribution in [0.25, 0.3) is 0 Å². The lowest BCUT2D eigenvalue weighted by atomic mass is 9.95. The summed E-state index contributed by atoms with van der Waals surface area (Å²) in [5.41, 5.74) is 0. The van der Waals surface area contributed by atoms with E-state index in [1.807, 2.05) is 13.8 Å². The lowest BCUT2D eigenvalue weighted by Crippen LogP contribution is -2.59. The molecule has 0 aromatic heterocycles. The molecule has 0 saturated carbocycles. The minimum absolute atomic E-state index is 0.216. The third-order valence-electron chi connectivity index (χ3n) is 9.73. The van der Waals surface area contributed by atoms with Gasteiger partial charge < -0.3 is 24.6 Å². The van der Waals surface area contributed by atoms with Crippen molar-refractivity contribution in [3.63, 3.8) is 0 Å². The van der Waals surface area contributed by atoms with E-state index < -0.39 is 35.7 Å². The fraction of sp³-hybridized carbons (Fsp3) is 0.868. The first-order valence-electron chi connectivity index (χ1n) is 18.8. The number of nitrogens with zero attached hydrogens (tertiary/aromatic N) is 1. The van der Waals surface area contributed by atoms with Crippen molar-refractivity contribution in [2.45, 2.75) is 169 Å². The van der Waals surface area contributed by atoms with Gasteiger partial charge in [0.2, 0.25) is 0 Å². The molecule has 3 atom stereocenters. The van der Waals surface area contributed by atoms with Gasteiger partial charge in [0.05, 0.1) is 32.1 Å². The van der Waals surface area contributed by atoms with Crippen molar-refractivity contribution in [1.82, 2.24) is 0 Å². The maximum absolute atomic E-state index is 12.0. The van der Waals surface area contributed by atoms with Crippen molar-refractivity contribution in [3.05, 3.63) is 12.2 Å². The second kappa shape index (κ2) is 28.3. The van der Waals surface area contributed by atoms with Gasteiger partial charge in [-0.3, -0.25) is 9.59 Å². The molecule has 0 rings (SSSR count). The zero-order valence-corrected chi connectivity index (χ0v) is 29.7. The predicted octanol–water partition coefficient (Wildman–Crippen LogP) is 8.79. The number of hydrogen-bond donors (Lipinski definition) is 2. The first-order chi connectivity index (χ1) is 21.7. The van der Waals surface area contributed by atoms with E-state index in [9.17, 15) is 29.7 Å². The number of carboxylic acids is 3. The highest BCUT2D eigenvalue weighted by molar-refractivity contribution is 5.70. The largest absolute Gasteiger partial charge is 0.550 e. The van der Waals surface area contributed by atoms with Crippen LogP contribution in [0.2, 0.25) is 0 Å². The van der Waals surface area contributed by atoms with Gasteiger partial charge in [0.25, 0.3) is 0 Å². The van der Waals surface area contributed by atoms with Gasteiger partial charge in [-0.1, -0.05) is 123 Å².